The molecule has 1 aliphatic heterocycles. The molecule has 1 heterocycles. The van der Waals surface area contributed by atoms with E-state index in [1.807, 2.05) is 4.90 Å². The average Bonchev–Trinajstić information content (AvgIpc) is 2.41. The van der Waals surface area contributed by atoms with Crippen LogP contribution >= 0.6 is 0 Å². The number of amides is 1. The minimum atomic E-state index is -0.859. The Morgan fingerprint density at radius 1 is 1.29 bits per heavy atom. The lowest BCUT2D eigenvalue weighted by molar-refractivity contribution is -0.142. The molecule has 2 rings (SSSR count). The summed E-state index contributed by atoms with van der Waals surface area (Å²) >= 11 is 0. The van der Waals surface area contributed by atoms with Gasteiger partial charge in [0.15, 0.2) is 0 Å². The smallest absolute Gasteiger partial charge is 0.306 e. The lowest BCUT2D eigenvalue weighted by Gasteiger charge is -2.33. The van der Waals surface area contributed by atoms with E-state index in [1.54, 1.807) is 0 Å². The van der Waals surface area contributed by atoms with E-state index in [9.17, 15) is 9.59 Å². The molecule has 0 aromatic heterocycles. The summed E-state index contributed by atoms with van der Waals surface area (Å²) in [6, 6.07) is 0.310. The third kappa shape index (κ3) is 5.63. The number of rotatable bonds is 5. The number of carboxylic acids is 1. The molecule has 0 aromatic rings. The van der Waals surface area contributed by atoms with Crippen molar-refractivity contribution < 1.29 is 19.4 Å². The van der Waals surface area contributed by atoms with Crippen molar-refractivity contribution in [3.8, 4) is 0 Å². The maximum absolute atomic E-state index is 12.1. The summed E-state index contributed by atoms with van der Waals surface area (Å²) in [5, 5.41) is 11.9. The molecule has 120 valence electrons. The van der Waals surface area contributed by atoms with E-state index >= 15 is 0 Å². The van der Waals surface area contributed by atoms with Crippen LogP contribution in [0.1, 0.15) is 39.0 Å². The van der Waals surface area contributed by atoms with Gasteiger partial charge in [-0.2, -0.15) is 0 Å². The fraction of sp³-hybridized carbons (Fsp3) is 0.867. The van der Waals surface area contributed by atoms with Crippen LogP contribution in [-0.4, -0.2) is 60.3 Å². The molecule has 21 heavy (non-hydrogen) atoms. The number of aliphatic carboxylic acids is 1. The molecule has 2 aliphatic rings. The number of carbonyl (C=O) groups is 2. The van der Waals surface area contributed by atoms with Crippen molar-refractivity contribution in [2.75, 3.05) is 26.2 Å². The van der Waals surface area contributed by atoms with Crippen molar-refractivity contribution in [2.24, 2.45) is 5.92 Å². The highest BCUT2D eigenvalue weighted by molar-refractivity contribution is 5.78. The zero-order chi connectivity index (χ0) is 15.2. The lowest BCUT2D eigenvalue weighted by Crippen LogP contribution is -2.49. The molecule has 1 atom stereocenters. The Morgan fingerprint density at radius 2 is 2.00 bits per heavy atom. The summed E-state index contributed by atoms with van der Waals surface area (Å²) in [6.07, 6.45) is 4.19. The quantitative estimate of drug-likeness (QED) is 0.787. The molecule has 1 saturated heterocycles. The molecule has 0 radical (unpaired) electrons. The maximum atomic E-state index is 12.1. The molecule has 1 amide bonds. The predicted molar refractivity (Wildman–Crippen MR) is 78.0 cm³/mol. The Kier molecular flexibility index (Phi) is 5.99. The summed E-state index contributed by atoms with van der Waals surface area (Å²) in [6.45, 7) is 4.29. The molecular weight excluding hydrogens is 272 g/mol. The van der Waals surface area contributed by atoms with Gasteiger partial charge in [0.05, 0.1) is 25.7 Å². The Hall–Kier alpha value is -1.14. The van der Waals surface area contributed by atoms with Gasteiger partial charge in [-0.1, -0.05) is 6.92 Å². The fourth-order valence-corrected chi connectivity index (χ4v) is 3.12. The van der Waals surface area contributed by atoms with Gasteiger partial charge in [0.2, 0.25) is 5.91 Å². The van der Waals surface area contributed by atoms with Crippen LogP contribution in [-0.2, 0) is 14.3 Å². The minimum Gasteiger partial charge on any atom is -0.481 e. The normalized spacial score (nSPS) is 30.8. The summed E-state index contributed by atoms with van der Waals surface area (Å²) in [7, 11) is 0. The summed E-state index contributed by atoms with van der Waals surface area (Å²) in [5.41, 5.74) is 0. The van der Waals surface area contributed by atoms with E-state index in [0.29, 0.717) is 32.3 Å². The van der Waals surface area contributed by atoms with Crippen LogP contribution in [0.3, 0.4) is 0 Å². The van der Waals surface area contributed by atoms with E-state index in [-0.39, 0.29) is 18.4 Å². The summed E-state index contributed by atoms with van der Waals surface area (Å²) in [4.78, 5) is 24.8. The van der Waals surface area contributed by atoms with E-state index < -0.39 is 5.97 Å². The molecule has 2 N–H and O–H groups in total. The van der Waals surface area contributed by atoms with Crippen molar-refractivity contribution in [3.63, 3.8) is 0 Å². The first-order valence-electron chi connectivity index (χ1n) is 7.88. The molecule has 6 heteroatoms. The van der Waals surface area contributed by atoms with Gasteiger partial charge >= 0.3 is 5.97 Å². The van der Waals surface area contributed by atoms with Gasteiger partial charge in [-0.05, 0) is 31.6 Å². The maximum Gasteiger partial charge on any atom is 0.306 e. The summed E-state index contributed by atoms with van der Waals surface area (Å²) < 4.78 is 5.41. The van der Waals surface area contributed by atoms with Crippen molar-refractivity contribution in [3.05, 3.63) is 0 Å². The van der Waals surface area contributed by atoms with Crippen LogP contribution in [0.2, 0.25) is 0 Å². The second-order valence-corrected chi connectivity index (χ2v) is 6.35. The number of hydrogen-bond donors (Lipinski definition) is 2. The van der Waals surface area contributed by atoms with Gasteiger partial charge in [-0.15, -0.1) is 0 Å². The van der Waals surface area contributed by atoms with Crippen molar-refractivity contribution in [1.82, 2.24) is 10.2 Å². The van der Waals surface area contributed by atoms with E-state index in [2.05, 4.69) is 12.2 Å². The number of morpholine rings is 1. The molecule has 1 saturated carbocycles. The molecule has 0 spiro atoms. The van der Waals surface area contributed by atoms with E-state index in [0.717, 1.165) is 18.8 Å². The summed E-state index contributed by atoms with van der Waals surface area (Å²) in [5.74, 6) is -0.0395. The van der Waals surface area contributed by atoms with Crippen molar-refractivity contribution in [1.29, 1.82) is 0 Å². The van der Waals surface area contributed by atoms with E-state index in [4.69, 9.17) is 9.84 Å². The average molecular weight is 298 g/mol. The monoisotopic (exact) mass is 298 g/mol. The Balaban J connectivity index is 1.70. The fourth-order valence-electron chi connectivity index (χ4n) is 3.12. The number of nitrogens with one attached hydrogen (secondary N) is 1. The standard InChI is InChI=1S/C15H26N2O4/c1-11-2-4-12(5-3-11)16-14(18)10-17-6-7-21-13(9-17)8-15(19)20/h11-13H,2-10H2,1H3,(H,16,18)(H,19,20). The lowest BCUT2D eigenvalue weighted by atomic mass is 9.87. The highest BCUT2D eigenvalue weighted by Crippen LogP contribution is 2.23. The molecule has 1 unspecified atom stereocenters. The Morgan fingerprint density at radius 3 is 2.67 bits per heavy atom. The number of hydrogen-bond acceptors (Lipinski definition) is 4. The minimum absolute atomic E-state index is 0.00136. The van der Waals surface area contributed by atoms with Crippen molar-refractivity contribution in [2.45, 2.75) is 51.2 Å². The van der Waals surface area contributed by atoms with Crippen LogP contribution < -0.4 is 5.32 Å². The first-order chi connectivity index (χ1) is 10.0. The van der Waals surface area contributed by atoms with Crippen molar-refractivity contribution >= 4 is 11.9 Å². The van der Waals surface area contributed by atoms with Gasteiger partial charge in [0, 0.05) is 19.1 Å². The number of carbonyl (C=O) groups excluding carboxylic acids is 1. The largest absolute Gasteiger partial charge is 0.481 e. The predicted octanol–water partition coefficient (Wildman–Crippen LogP) is 0.857. The second-order valence-electron chi connectivity index (χ2n) is 6.35. The Bertz CT molecular complexity index is 367. The van der Waals surface area contributed by atoms with Gasteiger partial charge in [-0.25, -0.2) is 0 Å². The SMILES string of the molecule is CC1CCC(NC(=O)CN2CCOC(CC(=O)O)C2)CC1. The second kappa shape index (κ2) is 7.75. The van der Waals surface area contributed by atoms with Gasteiger partial charge in [0.1, 0.15) is 0 Å². The zero-order valence-corrected chi connectivity index (χ0v) is 12.7. The molecule has 1 aliphatic carbocycles. The van der Waals surface area contributed by atoms with Crippen LogP contribution in [0, 0.1) is 5.92 Å². The van der Waals surface area contributed by atoms with Crippen LogP contribution in [0.25, 0.3) is 0 Å². The van der Waals surface area contributed by atoms with Gasteiger partial charge < -0.3 is 15.2 Å². The van der Waals surface area contributed by atoms with Gasteiger partial charge in [0.25, 0.3) is 0 Å². The van der Waals surface area contributed by atoms with Crippen LogP contribution in [0.15, 0.2) is 0 Å². The first kappa shape index (κ1) is 16.2. The number of carboxylic acid groups (broad SMARTS) is 1. The molecule has 6 nitrogen and oxygen atoms in total. The van der Waals surface area contributed by atoms with Gasteiger partial charge in [-0.3, -0.25) is 14.5 Å². The Labute approximate surface area is 125 Å². The zero-order valence-electron chi connectivity index (χ0n) is 12.7. The van der Waals surface area contributed by atoms with E-state index in [1.165, 1.54) is 12.8 Å². The van der Waals surface area contributed by atoms with Crippen LogP contribution in [0.4, 0.5) is 0 Å². The molecule has 2 fully saturated rings. The molecule has 0 bridgehead atoms. The third-order valence-corrected chi connectivity index (χ3v) is 4.37. The third-order valence-electron chi connectivity index (χ3n) is 4.37. The number of ether oxygens (including phenoxy) is 1. The molecular formula is C15H26N2O4. The topological polar surface area (TPSA) is 78.9 Å². The highest BCUT2D eigenvalue weighted by Gasteiger charge is 2.25. The van der Waals surface area contributed by atoms with Crippen LogP contribution in [0.5, 0.6) is 0 Å². The number of nitrogens with zero attached hydrogens (tertiary/aromatic N) is 1. The first-order valence-corrected chi connectivity index (χ1v) is 7.88. The highest BCUT2D eigenvalue weighted by atomic mass is 16.5. The molecule has 0 aromatic carbocycles.